The Morgan fingerprint density at radius 1 is 1.30 bits per heavy atom. The van der Waals surface area contributed by atoms with Crippen LogP contribution >= 0.6 is 0 Å². The highest BCUT2D eigenvalue weighted by molar-refractivity contribution is 5.43. The van der Waals surface area contributed by atoms with E-state index in [-0.39, 0.29) is 0 Å². The third kappa shape index (κ3) is 1.50. The van der Waals surface area contributed by atoms with Crippen LogP contribution < -0.4 is 5.32 Å². The van der Waals surface area contributed by atoms with Crippen molar-refractivity contribution < 1.29 is 0 Å². The molecule has 0 saturated carbocycles. The summed E-state index contributed by atoms with van der Waals surface area (Å²) in [5.41, 5.74) is 2.37. The fraction of sp³-hybridized carbons (Fsp3) is 0.333. The fourth-order valence-corrected chi connectivity index (χ4v) is 0.911. The highest BCUT2D eigenvalue weighted by atomic mass is 14.9. The molecule has 0 heterocycles. The molecule has 1 aromatic rings. The molecule has 0 unspecified atom stereocenters. The van der Waals surface area contributed by atoms with Crippen LogP contribution in [0.2, 0.25) is 0 Å². The van der Waals surface area contributed by atoms with Crippen molar-refractivity contribution in [3.63, 3.8) is 0 Å². The van der Waals surface area contributed by atoms with Gasteiger partial charge >= 0.3 is 0 Å². The molecule has 1 aromatic carbocycles. The molecule has 0 N–H and O–H groups in total. The van der Waals surface area contributed by atoms with Crippen molar-refractivity contribution in [1.29, 1.82) is 0 Å². The van der Waals surface area contributed by atoms with Crippen molar-refractivity contribution in [2.75, 3.05) is 6.54 Å². The summed E-state index contributed by atoms with van der Waals surface area (Å²) in [6.07, 6.45) is 0. The van der Waals surface area contributed by atoms with Gasteiger partial charge in [-0.05, 0) is 25.5 Å². The van der Waals surface area contributed by atoms with Crippen molar-refractivity contribution in [3.8, 4) is 0 Å². The highest BCUT2D eigenvalue weighted by Crippen LogP contribution is 2.12. The van der Waals surface area contributed by atoms with E-state index in [1.54, 1.807) is 0 Å². The Kier molecular flexibility index (Phi) is 2.32. The standard InChI is InChI=1S/C9H12N/c1-3-10-9-7-5-4-6-8(9)2/h4-7H,3H2,1-2H3. The molecule has 0 aliphatic rings. The van der Waals surface area contributed by atoms with Crippen molar-refractivity contribution >= 4 is 5.69 Å². The minimum absolute atomic E-state index is 0.866. The molecule has 0 aliphatic heterocycles. The molecule has 0 aromatic heterocycles. The predicted molar refractivity (Wildman–Crippen MR) is 43.5 cm³/mol. The molecule has 0 bridgehead atoms. The Labute approximate surface area is 62.1 Å². The van der Waals surface area contributed by atoms with Crippen LogP contribution in [-0.2, 0) is 0 Å². The van der Waals surface area contributed by atoms with Crippen LogP contribution in [0.4, 0.5) is 5.69 Å². The molecule has 10 heavy (non-hydrogen) atoms. The van der Waals surface area contributed by atoms with Crippen LogP contribution in [0.25, 0.3) is 0 Å². The van der Waals surface area contributed by atoms with Gasteiger partial charge in [0.1, 0.15) is 0 Å². The summed E-state index contributed by atoms with van der Waals surface area (Å²) >= 11 is 0. The molecule has 53 valence electrons. The van der Waals surface area contributed by atoms with E-state index in [1.807, 2.05) is 25.1 Å². The maximum absolute atomic E-state index is 4.31. The monoisotopic (exact) mass is 134 g/mol. The van der Waals surface area contributed by atoms with Crippen LogP contribution in [0.5, 0.6) is 0 Å². The number of rotatable bonds is 2. The van der Waals surface area contributed by atoms with Crippen LogP contribution in [-0.4, -0.2) is 6.54 Å². The summed E-state index contributed by atoms with van der Waals surface area (Å²) in [4.78, 5) is 0. The second-order valence-corrected chi connectivity index (χ2v) is 2.26. The normalized spacial score (nSPS) is 9.40. The summed E-state index contributed by atoms with van der Waals surface area (Å²) in [5.74, 6) is 0. The van der Waals surface area contributed by atoms with Gasteiger partial charge in [0, 0.05) is 6.54 Å². The highest BCUT2D eigenvalue weighted by Gasteiger charge is 1.92. The van der Waals surface area contributed by atoms with Crippen LogP contribution in [0.1, 0.15) is 12.5 Å². The first-order valence-electron chi connectivity index (χ1n) is 3.57. The van der Waals surface area contributed by atoms with Gasteiger partial charge in [-0.1, -0.05) is 18.2 Å². The quantitative estimate of drug-likeness (QED) is 0.589. The molecule has 0 fully saturated rings. The Hall–Kier alpha value is -0.980. The molecule has 1 nitrogen and oxygen atoms in total. The van der Waals surface area contributed by atoms with Gasteiger partial charge in [-0.2, -0.15) is 0 Å². The third-order valence-electron chi connectivity index (χ3n) is 1.44. The second kappa shape index (κ2) is 3.25. The number of hydrogen-bond acceptors (Lipinski definition) is 0. The van der Waals surface area contributed by atoms with E-state index in [1.165, 1.54) is 5.56 Å². The molecule has 1 radical (unpaired) electrons. The first-order chi connectivity index (χ1) is 4.84. The first kappa shape index (κ1) is 7.13. The summed E-state index contributed by atoms with van der Waals surface area (Å²) < 4.78 is 0. The van der Waals surface area contributed by atoms with Crippen LogP contribution in [0.3, 0.4) is 0 Å². The van der Waals surface area contributed by atoms with Crippen molar-refractivity contribution in [1.82, 2.24) is 5.32 Å². The average molecular weight is 134 g/mol. The van der Waals surface area contributed by atoms with E-state index in [2.05, 4.69) is 18.3 Å². The molecule has 0 spiro atoms. The van der Waals surface area contributed by atoms with Gasteiger partial charge in [-0.3, -0.25) is 5.32 Å². The zero-order valence-electron chi connectivity index (χ0n) is 6.46. The predicted octanol–water partition coefficient (Wildman–Crippen LogP) is 2.25. The zero-order valence-corrected chi connectivity index (χ0v) is 6.46. The molecule has 0 atom stereocenters. The van der Waals surface area contributed by atoms with Gasteiger partial charge in [-0.15, -0.1) is 0 Å². The topological polar surface area (TPSA) is 14.1 Å². The summed E-state index contributed by atoms with van der Waals surface area (Å²) in [5, 5.41) is 4.31. The lowest BCUT2D eigenvalue weighted by Gasteiger charge is -2.01. The summed E-state index contributed by atoms with van der Waals surface area (Å²) in [7, 11) is 0. The lowest BCUT2D eigenvalue weighted by atomic mass is 10.2. The minimum Gasteiger partial charge on any atom is -0.285 e. The molecular formula is C9H12N. The van der Waals surface area contributed by atoms with Gasteiger partial charge in [0.2, 0.25) is 0 Å². The Morgan fingerprint density at radius 3 is 2.60 bits per heavy atom. The van der Waals surface area contributed by atoms with E-state index >= 15 is 0 Å². The number of aryl methyl sites for hydroxylation is 1. The average Bonchev–Trinajstić information content (AvgIpc) is 1.94. The SMILES string of the molecule is CC[N]c1ccccc1C. The Balaban J connectivity index is 2.81. The Morgan fingerprint density at radius 2 is 2.00 bits per heavy atom. The lowest BCUT2D eigenvalue weighted by Crippen LogP contribution is -1.96. The second-order valence-electron chi connectivity index (χ2n) is 2.26. The smallest absolute Gasteiger partial charge is 0.0603 e. The van der Waals surface area contributed by atoms with E-state index < -0.39 is 0 Å². The lowest BCUT2D eigenvalue weighted by molar-refractivity contribution is 0.905. The Bertz CT molecular complexity index is 206. The number of para-hydroxylation sites is 1. The van der Waals surface area contributed by atoms with Gasteiger partial charge in [0.15, 0.2) is 0 Å². The minimum atomic E-state index is 0.866. The molecule has 1 rings (SSSR count). The maximum atomic E-state index is 4.31. The summed E-state index contributed by atoms with van der Waals surface area (Å²) in [6.45, 7) is 4.99. The van der Waals surface area contributed by atoms with Gasteiger partial charge in [0.05, 0.1) is 5.69 Å². The molecular weight excluding hydrogens is 122 g/mol. The van der Waals surface area contributed by atoms with Crippen molar-refractivity contribution in [2.24, 2.45) is 0 Å². The molecule has 1 heteroatoms. The van der Waals surface area contributed by atoms with Crippen LogP contribution in [0, 0.1) is 6.92 Å². The van der Waals surface area contributed by atoms with Crippen LogP contribution in [0.15, 0.2) is 24.3 Å². The largest absolute Gasteiger partial charge is 0.285 e. The molecule has 0 aliphatic carbocycles. The molecule has 0 saturated heterocycles. The molecule has 0 amide bonds. The zero-order chi connectivity index (χ0) is 7.40. The van der Waals surface area contributed by atoms with E-state index in [9.17, 15) is 0 Å². The maximum Gasteiger partial charge on any atom is 0.0603 e. The van der Waals surface area contributed by atoms with Crippen molar-refractivity contribution in [2.45, 2.75) is 13.8 Å². The number of hydrogen-bond donors (Lipinski definition) is 0. The fourth-order valence-electron chi connectivity index (χ4n) is 0.911. The first-order valence-corrected chi connectivity index (χ1v) is 3.57. The summed E-state index contributed by atoms with van der Waals surface area (Å²) in [6, 6.07) is 8.17. The van der Waals surface area contributed by atoms with Crippen molar-refractivity contribution in [3.05, 3.63) is 29.8 Å². The van der Waals surface area contributed by atoms with E-state index in [4.69, 9.17) is 0 Å². The van der Waals surface area contributed by atoms with Gasteiger partial charge in [0.25, 0.3) is 0 Å². The third-order valence-corrected chi connectivity index (χ3v) is 1.44. The van der Waals surface area contributed by atoms with Gasteiger partial charge < -0.3 is 0 Å². The number of nitrogens with zero attached hydrogens (tertiary/aromatic N) is 1. The van der Waals surface area contributed by atoms with E-state index in [0.717, 1.165) is 12.2 Å². The number of benzene rings is 1. The van der Waals surface area contributed by atoms with Gasteiger partial charge in [-0.25, -0.2) is 0 Å². The van der Waals surface area contributed by atoms with E-state index in [0.29, 0.717) is 0 Å².